The van der Waals surface area contributed by atoms with Crippen molar-refractivity contribution in [1.29, 1.82) is 0 Å². The summed E-state index contributed by atoms with van der Waals surface area (Å²) < 4.78 is 20.7. The first-order valence-electron chi connectivity index (χ1n) is 8.20. The van der Waals surface area contributed by atoms with E-state index in [0.29, 0.717) is 28.8 Å². The molecule has 27 heavy (non-hydrogen) atoms. The Morgan fingerprint density at radius 1 is 1.22 bits per heavy atom. The number of anilines is 1. The van der Waals surface area contributed by atoms with Gasteiger partial charge in [-0.3, -0.25) is 9.20 Å². The number of hydrogen-bond acceptors (Lipinski definition) is 6. The minimum absolute atomic E-state index is 0.0686. The highest BCUT2D eigenvalue weighted by Gasteiger charge is 2.15. The number of pyridine rings is 1. The number of benzene rings is 1. The van der Waals surface area contributed by atoms with Gasteiger partial charge in [-0.25, -0.2) is 4.39 Å². The number of carbonyl (C=O) groups is 1. The lowest BCUT2D eigenvalue weighted by Gasteiger charge is -2.07. The predicted octanol–water partition coefficient (Wildman–Crippen LogP) is 2.72. The van der Waals surface area contributed by atoms with Crippen molar-refractivity contribution in [3.8, 4) is 11.5 Å². The van der Waals surface area contributed by atoms with Gasteiger partial charge in [0.1, 0.15) is 11.6 Å². The summed E-state index contributed by atoms with van der Waals surface area (Å²) in [5.74, 6) is 0.407. The van der Waals surface area contributed by atoms with E-state index in [2.05, 4.69) is 25.7 Å². The van der Waals surface area contributed by atoms with Crippen LogP contribution in [0.25, 0.3) is 17.1 Å². The number of aromatic nitrogens is 5. The molecule has 8 nitrogen and oxygen atoms in total. The summed E-state index contributed by atoms with van der Waals surface area (Å²) in [6, 6.07) is 8.05. The Kier molecular flexibility index (Phi) is 4.11. The summed E-state index contributed by atoms with van der Waals surface area (Å²) in [7, 11) is 0. The molecule has 1 amide bonds. The zero-order valence-electron chi connectivity index (χ0n) is 14.6. The van der Waals surface area contributed by atoms with Crippen molar-refractivity contribution in [2.75, 3.05) is 5.32 Å². The van der Waals surface area contributed by atoms with Gasteiger partial charge in [-0.05, 0) is 43.7 Å². The summed E-state index contributed by atoms with van der Waals surface area (Å²) in [4.78, 5) is 16.5. The molecule has 0 aliphatic heterocycles. The van der Waals surface area contributed by atoms with E-state index in [1.165, 1.54) is 6.07 Å². The van der Waals surface area contributed by atoms with Crippen molar-refractivity contribution >= 4 is 17.2 Å². The largest absolute Gasteiger partial charge is 0.334 e. The summed E-state index contributed by atoms with van der Waals surface area (Å²) >= 11 is 0. The first-order chi connectivity index (χ1) is 13.0. The maximum Gasteiger partial charge on any atom is 0.259 e. The van der Waals surface area contributed by atoms with Gasteiger partial charge in [-0.2, -0.15) is 4.98 Å². The molecular formula is C18H15FN6O2. The Labute approximate surface area is 153 Å². The summed E-state index contributed by atoms with van der Waals surface area (Å²) in [5, 5.41) is 14.4. The van der Waals surface area contributed by atoms with Crippen LogP contribution in [0.2, 0.25) is 0 Å². The fourth-order valence-corrected chi connectivity index (χ4v) is 2.67. The maximum absolute atomic E-state index is 13.8. The Balaban J connectivity index is 1.60. The van der Waals surface area contributed by atoms with Crippen LogP contribution in [0.5, 0.6) is 0 Å². The summed E-state index contributed by atoms with van der Waals surface area (Å²) in [6.07, 6.45) is 1.65. The zero-order chi connectivity index (χ0) is 19.0. The molecule has 0 radical (unpaired) electrons. The van der Waals surface area contributed by atoms with Gasteiger partial charge in [0.25, 0.3) is 5.89 Å². The molecule has 136 valence electrons. The van der Waals surface area contributed by atoms with Gasteiger partial charge in [0.15, 0.2) is 11.5 Å². The van der Waals surface area contributed by atoms with Gasteiger partial charge in [-0.1, -0.05) is 11.2 Å². The Morgan fingerprint density at radius 3 is 2.85 bits per heavy atom. The molecule has 0 fully saturated rings. The number of amides is 1. The highest BCUT2D eigenvalue weighted by Crippen LogP contribution is 2.19. The van der Waals surface area contributed by atoms with Gasteiger partial charge in [0, 0.05) is 6.20 Å². The van der Waals surface area contributed by atoms with Crippen LogP contribution in [0, 0.1) is 19.7 Å². The van der Waals surface area contributed by atoms with Gasteiger partial charge in [0.05, 0.1) is 17.7 Å². The van der Waals surface area contributed by atoms with Gasteiger partial charge in [-0.15, -0.1) is 10.2 Å². The second-order valence-electron chi connectivity index (χ2n) is 6.12. The lowest BCUT2D eigenvalue weighted by atomic mass is 10.2. The first kappa shape index (κ1) is 16.8. The predicted molar refractivity (Wildman–Crippen MR) is 94.5 cm³/mol. The Bertz CT molecular complexity index is 1150. The molecule has 0 atom stereocenters. The maximum atomic E-state index is 13.8. The van der Waals surface area contributed by atoms with E-state index in [1.807, 2.05) is 6.92 Å². The third-order valence-corrected chi connectivity index (χ3v) is 3.96. The molecule has 4 aromatic rings. The average Bonchev–Trinajstić information content (AvgIpc) is 3.24. The number of aryl methyl sites for hydroxylation is 2. The lowest BCUT2D eigenvalue weighted by Crippen LogP contribution is -2.17. The van der Waals surface area contributed by atoms with E-state index in [0.717, 1.165) is 5.56 Å². The highest BCUT2D eigenvalue weighted by molar-refractivity contribution is 5.92. The zero-order valence-corrected chi connectivity index (χ0v) is 14.6. The Hall–Kier alpha value is -3.62. The molecule has 3 aromatic heterocycles. The van der Waals surface area contributed by atoms with Crippen molar-refractivity contribution < 1.29 is 13.7 Å². The summed E-state index contributed by atoms with van der Waals surface area (Å²) in [5.41, 5.74) is 2.23. The van der Waals surface area contributed by atoms with Crippen LogP contribution in [-0.2, 0) is 11.2 Å². The molecule has 0 unspecified atom stereocenters. The average molecular weight is 366 g/mol. The minimum Gasteiger partial charge on any atom is -0.334 e. The van der Waals surface area contributed by atoms with E-state index in [9.17, 15) is 9.18 Å². The number of halogens is 1. The normalized spacial score (nSPS) is 11.1. The van der Waals surface area contributed by atoms with Crippen molar-refractivity contribution in [2.45, 2.75) is 20.3 Å². The SMILES string of the molecule is Cc1ccc(F)c(NC(=O)Cc2nnc3ccc(-c4nc(C)no4)cn23)c1. The standard InChI is InChI=1S/C18H15FN6O2/c1-10-3-5-13(19)14(7-10)21-17(26)8-16-23-22-15-6-4-12(9-25(15)16)18-20-11(2)24-27-18/h3-7,9H,8H2,1-2H3,(H,21,26). The highest BCUT2D eigenvalue weighted by atomic mass is 19.1. The number of carbonyl (C=O) groups excluding carboxylic acids is 1. The van der Waals surface area contributed by atoms with E-state index < -0.39 is 11.7 Å². The molecule has 0 bridgehead atoms. The van der Waals surface area contributed by atoms with Crippen LogP contribution in [0.4, 0.5) is 10.1 Å². The van der Waals surface area contributed by atoms with Gasteiger partial charge >= 0.3 is 0 Å². The second kappa shape index (κ2) is 6.60. The van der Waals surface area contributed by atoms with Crippen LogP contribution < -0.4 is 5.32 Å². The lowest BCUT2D eigenvalue weighted by molar-refractivity contribution is -0.115. The fraction of sp³-hybridized carbons (Fsp3) is 0.167. The molecule has 0 aliphatic rings. The molecule has 0 saturated heterocycles. The molecular weight excluding hydrogens is 351 g/mol. The van der Waals surface area contributed by atoms with Crippen molar-refractivity contribution in [3.63, 3.8) is 0 Å². The molecule has 1 aromatic carbocycles. The monoisotopic (exact) mass is 366 g/mol. The molecule has 0 aliphatic carbocycles. The van der Waals surface area contributed by atoms with Crippen LogP contribution in [0.15, 0.2) is 41.1 Å². The molecule has 9 heteroatoms. The number of nitrogens with zero attached hydrogens (tertiary/aromatic N) is 5. The fourth-order valence-electron chi connectivity index (χ4n) is 2.67. The van der Waals surface area contributed by atoms with E-state index in [1.54, 1.807) is 41.8 Å². The molecule has 4 rings (SSSR count). The van der Waals surface area contributed by atoms with E-state index in [4.69, 9.17) is 4.52 Å². The van der Waals surface area contributed by atoms with Crippen LogP contribution in [0.1, 0.15) is 17.2 Å². The van der Waals surface area contributed by atoms with Crippen molar-refractivity contribution in [3.05, 3.63) is 59.6 Å². The van der Waals surface area contributed by atoms with Crippen LogP contribution >= 0.6 is 0 Å². The van der Waals surface area contributed by atoms with Crippen molar-refractivity contribution in [1.82, 2.24) is 24.7 Å². The van der Waals surface area contributed by atoms with Crippen LogP contribution in [0.3, 0.4) is 0 Å². The molecule has 1 N–H and O–H groups in total. The van der Waals surface area contributed by atoms with E-state index >= 15 is 0 Å². The van der Waals surface area contributed by atoms with Crippen LogP contribution in [-0.4, -0.2) is 30.6 Å². The quantitative estimate of drug-likeness (QED) is 0.596. The van der Waals surface area contributed by atoms with Crippen molar-refractivity contribution in [2.24, 2.45) is 0 Å². The first-order valence-corrected chi connectivity index (χ1v) is 8.20. The topological polar surface area (TPSA) is 98.2 Å². The van der Waals surface area contributed by atoms with Gasteiger partial charge in [0.2, 0.25) is 5.91 Å². The van der Waals surface area contributed by atoms with Gasteiger partial charge < -0.3 is 9.84 Å². The summed E-state index contributed by atoms with van der Waals surface area (Å²) in [6.45, 7) is 3.55. The molecule has 0 saturated carbocycles. The third kappa shape index (κ3) is 3.39. The molecule has 3 heterocycles. The second-order valence-corrected chi connectivity index (χ2v) is 6.12. The Morgan fingerprint density at radius 2 is 2.07 bits per heavy atom. The number of fused-ring (bicyclic) bond motifs is 1. The minimum atomic E-state index is -0.492. The number of rotatable bonds is 4. The van der Waals surface area contributed by atoms with E-state index in [-0.39, 0.29) is 12.1 Å². The number of nitrogens with one attached hydrogen (secondary N) is 1. The number of hydrogen-bond donors (Lipinski definition) is 1. The third-order valence-electron chi connectivity index (χ3n) is 3.96. The smallest absolute Gasteiger partial charge is 0.259 e. The molecule has 0 spiro atoms.